The Kier molecular flexibility index (Phi) is 4.52. The van der Waals surface area contributed by atoms with Gasteiger partial charge in [-0.25, -0.2) is 0 Å². The van der Waals surface area contributed by atoms with Crippen LogP contribution >= 0.6 is 11.3 Å². The van der Waals surface area contributed by atoms with Crippen molar-refractivity contribution in [2.75, 3.05) is 6.54 Å². The molecule has 138 valence electrons. The SMILES string of the molecule is O=C(c1ccc(-c2cccc(C(F)(F)F)c2)s1)N1CCc2ccccc2C1. The molecule has 0 saturated carbocycles. The first-order valence-corrected chi connectivity index (χ1v) is 9.37. The Hall–Kier alpha value is -2.60. The molecule has 1 amide bonds. The highest BCUT2D eigenvalue weighted by molar-refractivity contribution is 7.17. The maximum absolute atomic E-state index is 12.9. The Morgan fingerprint density at radius 2 is 1.74 bits per heavy atom. The second kappa shape index (κ2) is 6.85. The number of nitrogens with zero attached hydrogens (tertiary/aromatic N) is 1. The lowest BCUT2D eigenvalue weighted by Crippen LogP contribution is -2.35. The Morgan fingerprint density at radius 1 is 0.963 bits per heavy atom. The topological polar surface area (TPSA) is 20.3 Å². The first-order valence-electron chi connectivity index (χ1n) is 8.55. The quantitative estimate of drug-likeness (QED) is 0.558. The normalized spacial score (nSPS) is 14.1. The molecule has 1 aliphatic heterocycles. The molecule has 4 rings (SSSR count). The Balaban J connectivity index is 1.56. The lowest BCUT2D eigenvalue weighted by molar-refractivity contribution is -0.137. The third-order valence-electron chi connectivity index (χ3n) is 4.71. The Labute approximate surface area is 158 Å². The van der Waals surface area contributed by atoms with Crippen molar-refractivity contribution in [1.82, 2.24) is 4.90 Å². The molecule has 0 N–H and O–H groups in total. The number of benzene rings is 2. The largest absolute Gasteiger partial charge is 0.416 e. The van der Waals surface area contributed by atoms with Crippen LogP contribution in [-0.2, 0) is 19.1 Å². The van der Waals surface area contributed by atoms with Gasteiger partial charge in [0.05, 0.1) is 10.4 Å². The summed E-state index contributed by atoms with van der Waals surface area (Å²) < 4.78 is 38.8. The molecule has 0 saturated heterocycles. The Bertz CT molecular complexity index is 993. The van der Waals surface area contributed by atoms with Crippen molar-refractivity contribution < 1.29 is 18.0 Å². The van der Waals surface area contributed by atoms with Crippen LogP contribution in [0.1, 0.15) is 26.4 Å². The number of amides is 1. The maximum atomic E-state index is 12.9. The van der Waals surface area contributed by atoms with E-state index in [1.54, 1.807) is 23.1 Å². The molecule has 1 aromatic heterocycles. The van der Waals surface area contributed by atoms with Crippen LogP contribution in [0, 0.1) is 0 Å². The Morgan fingerprint density at radius 3 is 2.52 bits per heavy atom. The number of hydrogen-bond donors (Lipinski definition) is 0. The highest BCUT2D eigenvalue weighted by Crippen LogP contribution is 2.35. The summed E-state index contributed by atoms with van der Waals surface area (Å²) in [4.78, 5) is 15.8. The summed E-state index contributed by atoms with van der Waals surface area (Å²) in [5.41, 5.74) is 2.19. The third kappa shape index (κ3) is 3.62. The van der Waals surface area contributed by atoms with Crippen LogP contribution in [0.3, 0.4) is 0 Å². The summed E-state index contributed by atoms with van der Waals surface area (Å²) in [6, 6.07) is 16.7. The monoisotopic (exact) mass is 387 g/mol. The van der Waals surface area contributed by atoms with Gasteiger partial charge >= 0.3 is 6.18 Å². The van der Waals surface area contributed by atoms with Crippen molar-refractivity contribution in [3.05, 3.63) is 82.2 Å². The fourth-order valence-electron chi connectivity index (χ4n) is 3.28. The van der Waals surface area contributed by atoms with Crippen molar-refractivity contribution >= 4 is 17.2 Å². The van der Waals surface area contributed by atoms with Crippen molar-refractivity contribution in [3.8, 4) is 10.4 Å². The molecule has 2 heterocycles. The van der Waals surface area contributed by atoms with Gasteiger partial charge < -0.3 is 4.90 Å². The molecule has 3 aromatic rings. The van der Waals surface area contributed by atoms with Crippen LogP contribution in [0.2, 0.25) is 0 Å². The van der Waals surface area contributed by atoms with Crippen molar-refractivity contribution in [2.45, 2.75) is 19.1 Å². The highest BCUT2D eigenvalue weighted by Gasteiger charge is 2.30. The minimum absolute atomic E-state index is 0.0762. The second-order valence-corrected chi connectivity index (χ2v) is 7.57. The van der Waals surface area contributed by atoms with E-state index >= 15 is 0 Å². The van der Waals surface area contributed by atoms with Gasteiger partial charge in [-0.3, -0.25) is 4.79 Å². The lowest BCUT2D eigenvalue weighted by Gasteiger charge is -2.28. The van der Waals surface area contributed by atoms with E-state index in [0.717, 1.165) is 24.1 Å². The number of halogens is 3. The van der Waals surface area contributed by atoms with Gasteiger partial charge in [0.15, 0.2) is 0 Å². The fraction of sp³-hybridized carbons (Fsp3) is 0.190. The van der Waals surface area contributed by atoms with E-state index in [0.29, 0.717) is 28.4 Å². The van der Waals surface area contributed by atoms with E-state index in [1.807, 2.05) is 18.2 Å². The molecule has 0 aliphatic carbocycles. The van der Waals surface area contributed by atoms with Crippen molar-refractivity contribution in [3.63, 3.8) is 0 Å². The van der Waals surface area contributed by atoms with E-state index in [1.165, 1.54) is 23.0 Å². The van der Waals surface area contributed by atoms with Crippen LogP contribution < -0.4 is 0 Å². The molecule has 2 aromatic carbocycles. The molecular weight excluding hydrogens is 371 g/mol. The van der Waals surface area contributed by atoms with E-state index in [-0.39, 0.29) is 5.91 Å². The molecule has 0 spiro atoms. The standard InChI is InChI=1S/C21H16F3NOS/c22-21(23,24)17-7-3-6-15(12-17)18-8-9-19(27-18)20(26)25-11-10-14-4-1-2-5-16(14)13-25/h1-9,12H,10-11,13H2. The number of rotatable bonds is 2. The van der Waals surface area contributed by atoms with Crippen molar-refractivity contribution in [1.29, 1.82) is 0 Å². The smallest absolute Gasteiger partial charge is 0.333 e. The molecule has 6 heteroatoms. The maximum Gasteiger partial charge on any atom is 0.416 e. The number of carbonyl (C=O) groups excluding carboxylic acids is 1. The molecule has 0 bridgehead atoms. The number of thiophene rings is 1. The molecule has 2 nitrogen and oxygen atoms in total. The summed E-state index contributed by atoms with van der Waals surface area (Å²) in [6.07, 6.45) is -3.57. The third-order valence-corrected chi connectivity index (χ3v) is 5.83. The van der Waals surface area contributed by atoms with E-state index in [2.05, 4.69) is 6.07 Å². The minimum Gasteiger partial charge on any atom is -0.333 e. The summed E-state index contributed by atoms with van der Waals surface area (Å²) >= 11 is 1.23. The van der Waals surface area contributed by atoms with E-state index in [4.69, 9.17) is 0 Å². The van der Waals surface area contributed by atoms with Crippen LogP contribution in [0.25, 0.3) is 10.4 Å². The predicted octanol–water partition coefficient (Wildman–Crippen LogP) is 5.63. The first kappa shape index (κ1) is 17.8. The summed E-state index contributed by atoms with van der Waals surface area (Å²) in [5, 5.41) is 0. The highest BCUT2D eigenvalue weighted by atomic mass is 32.1. The van der Waals surface area contributed by atoms with Crippen molar-refractivity contribution in [2.24, 2.45) is 0 Å². The van der Waals surface area contributed by atoms with E-state index < -0.39 is 11.7 Å². The van der Waals surface area contributed by atoms with Gasteiger partial charge in [0.1, 0.15) is 0 Å². The van der Waals surface area contributed by atoms with Crippen LogP contribution in [-0.4, -0.2) is 17.4 Å². The molecule has 27 heavy (non-hydrogen) atoms. The predicted molar refractivity (Wildman–Crippen MR) is 99.6 cm³/mol. The number of hydrogen-bond acceptors (Lipinski definition) is 2. The zero-order valence-electron chi connectivity index (χ0n) is 14.3. The zero-order chi connectivity index (χ0) is 19.0. The first-order chi connectivity index (χ1) is 12.9. The van der Waals surface area contributed by atoms with Crippen LogP contribution in [0.15, 0.2) is 60.7 Å². The fourth-order valence-corrected chi connectivity index (χ4v) is 4.25. The van der Waals surface area contributed by atoms with Crippen LogP contribution in [0.4, 0.5) is 13.2 Å². The van der Waals surface area contributed by atoms with Gasteiger partial charge in [0, 0.05) is 18.0 Å². The summed E-state index contributed by atoms with van der Waals surface area (Å²) in [5.74, 6) is -0.0762. The molecular formula is C21H16F3NOS. The van der Waals surface area contributed by atoms with Gasteiger partial charge in [-0.15, -0.1) is 11.3 Å². The van der Waals surface area contributed by atoms with Gasteiger partial charge in [-0.05, 0) is 47.4 Å². The average molecular weight is 387 g/mol. The molecule has 1 aliphatic rings. The van der Waals surface area contributed by atoms with Crippen LogP contribution in [0.5, 0.6) is 0 Å². The van der Waals surface area contributed by atoms with Gasteiger partial charge in [0.25, 0.3) is 5.91 Å². The average Bonchev–Trinajstić information content (AvgIpc) is 3.17. The van der Waals surface area contributed by atoms with Gasteiger partial charge in [-0.2, -0.15) is 13.2 Å². The molecule has 0 fully saturated rings. The second-order valence-electron chi connectivity index (χ2n) is 6.49. The summed E-state index contributed by atoms with van der Waals surface area (Å²) in [6.45, 7) is 1.21. The van der Waals surface area contributed by atoms with E-state index in [9.17, 15) is 18.0 Å². The number of fused-ring (bicyclic) bond motifs is 1. The molecule has 0 atom stereocenters. The lowest BCUT2D eigenvalue weighted by atomic mass is 10.00. The zero-order valence-corrected chi connectivity index (χ0v) is 15.1. The number of carbonyl (C=O) groups is 1. The molecule has 0 radical (unpaired) electrons. The van der Waals surface area contributed by atoms with Gasteiger partial charge in [-0.1, -0.05) is 36.4 Å². The van der Waals surface area contributed by atoms with Gasteiger partial charge in [0.2, 0.25) is 0 Å². The minimum atomic E-state index is -4.38. The summed E-state index contributed by atoms with van der Waals surface area (Å²) in [7, 11) is 0. The number of alkyl halides is 3. The molecule has 0 unspecified atom stereocenters.